The molecule has 798 valence electrons. The van der Waals surface area contributed by atoms with Crippen LogP contribution in [0.15, 0.2) is 112 Å². The Bertz CT molecular complexity index is 4580. The molecular weight excluding hydrogens is 1790 g/mol. The third-order valence-electron chi connectivity index (χ3n) is 41.6. The van der Waals surface area contributed by atoms with Crippen LogP contribution < -0.4 is 0 Å². The van der Waals surface area contributed by atoms with E-state index in [1.165, 1.54) is 294 Å². The molecular formula is C125H190O18. The second kappa shape index (κ2) is 47.4. The highest BCUT2D eigenvalue weighted by Crippen LogP contribution is 2.71. The Morgan fingerprint density at radius 2 is 0.573 bits per heavy atom. The fourth-order valence-electron chi connectivity index (χ4n) is 35.0. The number of rotatable bonds is 19. The summed E-state index contributed by atoms with van der Waals surface area (Å²) >= 11 is 0. The normalized spacial score (nSPS) is 41.3. The third-order valence-corrected chi connectivity index (χ3v) is 41.6. The molecule has 0 radical (unpaired) electrons. The summed E-state index contributed by atoms with van der Waals surface area (Å²) in [4.78, 5) is 103. The number of hydrogen-bond acceptors (Lipinski definition) is 18. The fourth-order valence-corrected chi connectivity index (χ4v) is 35.0. The maximum Gasteiger partial charge on any atom is 0.333 e. The van der Waals surface area contributed by atoms with Crippen LogP contribution in [0.5, 0.6) is 0 Å². The molecule has 0 amide bonds. The Kier molecular flexibility index (Phi) is 37.5. The fraction of sp³-hybridized carbons (Fsp3) is 0.784. The summed E-state index contributed by atoms with van der Waals surface area (Å²) < 4.78 is 50.6. The topological polar surface area (TPSA) is 237 Å². The van der Waals surface area contributed by atoms with E-state index in [1.807, 2.05) is 0 Å². The molecule has 0 heterocycles. The highest BCUT2D eigenvalue weighted by Gasteiger charge is 2.67. The SMILES string of the molecule is C=C(C)C(=O)OC1(C)CC2CC1C1CCCC21.C=C(C)C(=O)OC1(C)CC2CCC1C2.C=C(C)C(=O)OC1(C)CCC2CCCCC2C1.C=C(C)C(=O)OC1(C)CCCC2CCCCC21.C=CC(=O)OC(C)(C)C12CC3CC(CC1C3)C2.C=CC(=O)OC1(C)CC2CC1C1CCCC21.C=CC(=O)OC1(C)CC2CCC1C2.C=CC(=O)OC1(C)CCC2CCCCC2C1.C=CC(=O)OC1(C)CCCC2CCCCC21. The number of ether oxygens (including phenoxy) is 9. The second-order valence-electron chi connectivity index (χ2n) is 52.3. The number of carbonyl (C=O) groups is 9. The number of carbonyl (C=O) groups excluding carboxylic acids is 9. The van der Waals surface area contributed by atoms with E-state index < -0.39 is 0 Å². The van der Waals surface area contributed by atoms with Crippen molar-refractivity contribution < 1.29 is 85.8 Å². The molecule has 0 saturated heterocycles. The minimum atomic E-state index is -0.327. The summed E-state index contributed by atoms with van der Waals surface area (Å²) in [5.41, 5.74) is 0.284. The Balaban J connectivity index is 0.000000135. The van der Waals surface area contributed by atoms with Gasteiger partial charge in [0.15, 0.2) is 0 Å². The van der Waals surface area contributed by atoms with Gasteiger partial charge in [0.2, 0.25) is 0 Å². The van der Waals surface area contributed by atoms with Gasteiger partial charge >= 0.3 is 53.7 Å². The van der Waals surface area contributed by atoms with Crippen LogP contribution in [0.2, 0.25) is 0 Å². The highest BCUT2D eigenvalue weighted by molar-refractivity contribution is 5.89. The molecule has 22 fully saturated rings. The zero-order valence-electron chi connectivity index (χ0n) is 91.4. The van der Waals surface area contributed by atoms with Crippen molar-refractivity contribution in [2.24, 2.45) is 142 Å². The van der Waals surface area contributed by atoms with Crippen molar-refractivity contribution in [2.75, 3.05) is 0 Å². The Labute approximate surface area is 862 Å². The predicted molar refractivity (Wildman–Crippen MR) is 565 cm³/mol. The molecule has 0 spiro atoms. The van der Waals surface area contributed by atoms with E-state index in [0.29, 0.717) is 57.8 Å². The second-order valence-corrected chi connectivity index (χ2v) is 52.3. The van der Waals surface area contributed by atoms with Gasteiger partial charge in [-0.15, -0.1) is 0 Å². The van der Waals surface area contributed by atoms with Crippen molar-refractivity contribution in [3.8, 4) is 0 Å². The molecule has 0 N–H and O–H groups in total. The van der Waals surface area contributed by atoms with Crippen LogP contribution in [0.1, 0.15) is 424 Å². The Hall–Kier alpha value is -7.11. The average molecular weight is 1980 g/mol. The average Bonchev–Trinajstić information content (AvgIpc) is 1.55. The van der Waals surface area contributed by atoms with E-state index >= 15 is 0 Å². The molecule has 143 heavy (non-hydrogen) atoms. The van der Waals surface area contributed by atoms with Crippen LogP contribution in [-0.4, -0.2) is 104 Å². The lowest BCUT2D eigenvalue weighted by Crippen LogP contribution is -2.47. The van der Waals surface area contributed by atoms with E-state index in [9.17, 15) is 43.2 Å². The lowest BCUT2D eigenvalue weighted by molar-refractivity contribution is -0.170. The van der Waals surface area contributed by atoms with Gasteiger partial charge in [-0.2, -0.15) is 0 Å². The van der Waals surface area contributed by atoms with Crippen LogP contribution in [0, 0.1) is 142 Å². The van der Waals surface area contributed by atoms with Crippen LogP contribution in [0.25, 0.3) is 0 Å². The molecule has 30 unspecified atom stereocenters. The highest BCUT2D eigenvalue weighted by atomic mass is 16.6. The van der Waals surface area contributed by atoms with Crippen LogP contribution in [-0.2, 0) is 85.8 Å². The quantitative estimate of drug-likeness (QED) is 0.0664. The minimum absolute atomic E-state index is 0.186. The van der Waals surface area contributed by atoms with Gasteiger partial charge < -0.3 is 42.6 Å². The predicted octanol–water partition coefficient (Wildman–Crippen LogP) is 29.2. The smallest absolute Gasteiger partial charge is 0.333 e. The lowest BCUT2D eigenvalue weighted by atomic mass is 9.63. The van der Waals surface area contributed by atoms with Gasteiger partial charge in [0.05, 0.1) is 0 Å². The van der Waals surface area contributed by atoms with Crippen molar-refractivity contribution in [3.05, 3.63) is 112 Å². The molecule has 0 aromatic carbocycles. The van der Waals surface area contributed by atoms with Gasteiger partial charge in [-0.25, -0.2) is 43.2 Å². The molecule has 22 saturated carbocycles. The van der Waals surface area contributed by atoms with Crippen molar-refractivity contribution >= 4 is 53.7 Å². The summed E-state index contributed by atoms with van der Waals surface area (Å²) in [7, 11) is 0. The summed E-state index contributed by atoms with van der Waals surface area (Å²) in [6, 6.07) is 0. The maximum atomic E-state index is 11.8. The first kappa shape index (κ1) is 113. The molecule has 30 atom stereocenters. The summed E-state index contributed by atoms with van der Waals surface area (Å²) in [6.45, 7) is 60.0. The molecule has 22 aliphatic rings. The first-order valence-electron chi connectivity index (χ1n) is 57.4. The third kappa shape index (κ3) is 26.7. The molecule has 0 aromatic heterocycles. The molecule has 18 heteroatoms. The Morgan fingerprint density at radius 1 is 0.252 bits per heavy atom. The molecule has 18 nitrogen and oxygen atoms in total. The van der Waals surface area contributed by atoms with Crippen molar-refractivity contribution in [1.82, 2.24) is 0 Å². The van der Waals surface area contributed by atoms with Gasteiger partial charge in [-0.3, -0.25) is 0 Å². The van der Waals surface area contributed by atoms with E-state index in [0.717, 1.165) is 165 Å². The molecule has 22 aliphatic carbocycles. The zero-order valence-corrected chi connectivity index (χ0v) is 91.4. The summed E-state index contributed by atoms with van der Waals surface area (Å²) in [5.74, 6) is 15.7. The van der Waals surface area contributed by atoms with E-state index in [1.54, 1.807) is 27.7 Å². The lowest BCUT2D eigenvalue weighted by Gasteiger charge is -2.47. The van der Waals surface area contributed by atoms with E-state index in [4.69, 9.17) is 42.6 Å². The van der Waals surface area contributed by atoms with Gasteiger partial charge in [0, 0.05) is 81.8 Å². The monoisotopic (exact) mass is 1980 g/mol. The summed E-state index contributed by atoms with van der Waals surface area (Å²) in [5, 5.41) is 0. The van der Waals surface area contributed by atoms with Gasteiger partial charge in [0.25, 0.3) is 0 Å². The van der Waals surface area contributed by atoms with Gasteiger partial charge in [-0.05, 0) is 434 Å². The minimum Gasteiger partial charge on any atom is -0.456 e. The summed E-state index contributed by atoms with van der Waals surface area (Å²) in [6.07, 6.45) is 70.8. The number of fused-ring (bicyclic) bond motifs is 18. The van der Waals surface area contributed by atoms with Crippen molar-refractivity contribution in [1.29, 1.82) is 0 Å². The van der Waals surface area contributed by atoms with Crippen molar-refractivity contribution in [3.63, 3.8) is 0 Å². The first-order chi connectivity index (χ1) is 67.6. The maximum absolute atomic E-state index is 11.8. The Morgan fingerprint density at radius 3 is 0.972 bits per heavy atom. The van der Waals surface area contributed by atoms with E-state index in [2.05, 4.69) is 128 Å². The van der Waals surface area contributed by atoms with Gasteiger partial charge in [-0.1, -0.05) is 162 Å². The molecule has 22 rings (SSSR count). The first-order valence-corrected chi connectivity index (χ1v) is 57.4. The van der Waals surface area contributed by atoms with Crippen molar-refractivity contribution in [2.45, 2.75) is 475 Å². The van der Waals surface area contributed by atoms with Crippen LogP contribution in [0.3, 0.4) is 0 Å². The molecule has 12 bridgehead atoms. The standard InChI is InChI=1S/2C15H22O2.2C15H24O2.C14H20O2.2C14H22O2.C12H18O2.C11H16O2/c1-9(2)14(16)17-15(3)8-10-7-13(15)12-6-4-5-11(10)12;1-4-13(16)17-14(2,3)15-8-10-5-11(9-15)7-12(15)6-10;1-11(2)14(16)17-15(3)10-6-8-12-7-4-5-9-13(12)15;1-11(2)14(16)17-15(3)9-8-12-6-4-5-7-13(12)10-15;1-3-13(15)16-14(2)8-9-7-12(14)11-6-4-5-10(9)11;1-3-13(15)16-14(2)10-6-8-11-7-4-5-9-12(11)14;1-3-13(15)16-14(2)9-8-11-6-4-5-7-12(11)10-14;1-8(2)11(13)14-12(3)7-9-4-5-10(12)6-9;1-3-10(12)13-11(2)7-8-4-5-9(11)6-8/h10-13H,1,4-8H2,2-3H3;4,10-12H,1,5-9H2,2-3H3;2*12-13H,1,4-10H2,2-3H3;3,9-12H,1,4-8H2,2H3;2*3,11-12H,1,4-10H2,2H3;9-10H,1,4-7H2,2-3H3;3,8-9H,1,4-7H2,2H3. The number of esters is 9. The van der Waals surface area contributed by atoms with E-state index in [-0.39, 0.29) is 110 Å². The molecule has 0 aliphatic heterocycles. The zero-order chi connectivity index (χ0) is 104. The van der Waals surface area contributed by atoms with Gasteiger partial charge in [0.1, 0.15) is 50.4 Å². The largest absolute Gasteiger partial charge is 0.456 e. The van der Waals surface area contributed by atoms with Crippen LogP contribution >= 0.6 is 0 Å². The molecule has 0 aromatic rings. The number of hydrogen-bond donors (Lipinski definition) is 0. The van der Waals surface area contributed by atoms with Crippen LogP contribution in [0.4, 0.5) is 0 Å².